The van der Waals surface area contributed by atoms with Crippen LogP contribution in [-0.2, 0) is 0 Å². The first-order valence-electron chi connectivity index (χ1n) is 6.31. The van der Waals surface area contributed by atoms with Crippen LogP contribution in [0.1, 0.15) is 13.3 Å². The Balaban J connectivity index is 2.32. The topological polar surface area (TPSA) is 74.5 Å². The van der Waals surface area contributed by atoms with Gasteiger partial charge in [0.2, 0.25) is 0 Å². The lowest BCUT2D eigenvalue weighted by molar-refractivity contribution is -0.386. The molecule has 7 heteroatoms. The van der Waals surface area contributed by atoms with E-state index in [0.29, 0.717) is 22.6 Å². The SMILES string of the molecule is CCCOc1ccccc1Oc1ncc(Br)cc1[N+](=O)[O-]. The Morgan fingerprint density at radius 3 is 2.71 bits per heavy atom. The molecule has 0 aliphatic rings. The molecule has 0 aliphatic heterocycles. The Morgan fingerprint density at radius 1 is 1.33 bits per heavy atom. The van der Waals surface area contributed by atoms with Crippen LogP contribution in [0.15, 0.2) is 41.0 Å². The van der Waals surface area contributed by atoms with E-state index < -0.39 is 4.92 Å². The van der Waals surface area contributed by atoms with Crippen LogP contribution in [0.3, 0.4) is 0 Å². The number of hydrogen-bond donors (Lipinski definition) is 0. The second-order valence-corrected chi connectivity index (χ2v) is 5.05. The average molecular weight is 353 g/mol. The molecule has 0 radical (unpaired) electrons. The summed E-state index contributed by atoms with van der Waals surface area (Å²) in [4.78, 5) is 14.5. The Labute approximate surface area is 130 Å². The number of hydrogen-bond acceptors (Lipinski definition) is 5. The number of para-hydroxylation sites is 2. The summed E-state index contributed by atoms with van der Waals surface area (Å²) in [7, 11) is 0. The first kappa shape index (κ1) is 15.2. The third kappa shape index (κ3) is 3.91. The predicted octanol–water partition coefficient (Wildman–Crippen LogP) is 4.33. The van der Waals surface area contributed by atoms with Crippen molar-refractivity contribution in [3.63, 3.8) is 0 Å². The molecule has 2 aromatic rings. The summed E-state index contributed by atoms with van der Waals surface area (Å²) in [6.45, 7) is 2.53. The Morgan fingerprint density at radius 2 is 2.05 bits per heavy atom. The lowest BCUT2D eigenvalue weighted by atomic mass is 10.3. The van der Waals surface area contributed by atoms with Gasteiger partial charge in [-0.2, -0.15) is 0 Å². The van der Waals surface area contributed by atoms with Crippen molar-refractivity contribution in [1.29, 1.82) is 0 Å². The quantitative estimate of drug-likeness (QED) is 0.571. The molecule has 0 unspecified atom stereocenters. The molecule has 0 aliphatic carbocycles. The van der Waals surface area contributed by atoms with Crippen molar-refractivity contribution < 1.29 is 14.4 Å². The van der Waals surface area contributed by atoms with Gasteiger partial charge < -0.3 is 9.47 Å². The van der Waals surface area contributed by atoms with E-state index in [1.54, 1.807) is 24.3 Å². The molecule has 0 spiro atoms. The molecule has 1 heterocycles. The highest BCUT2D eigenvalue weighted by atomic mass is 79.9. The van der Waals surface area contributed by atoms with Gasteiger partial charge in [0, 0.05) is 16.7 Å². The summed E-state index contributed by atoms with van der Waals surface area (Å²) < 4.78 is 11.6. The van der Waals surface area contributed by atoms with Crippen LogP contribution in [0.2, 0.25) is 0 Å². The van der Waals surface area contributed by atoms with Crippen LogP contribution in [0.4, 0.5) is 5.69 Å². The Kier molecular flexibility index (Phi) is 5.10. The predicted molar refractivity (Wildman–Crippen MR) is 80.9 cm³/mol. The standard InChI is InChI=1S/C14H13BrN2O4/c1-2-7-20-12-5-3-4-6-13(12)21-14-11(17(18)19)8-10(15)9-16-14/h3-6,8-9H,2,7H2,1H3. The lowest BCUT2D eigenvalue weighted by Gasteiger charge is -2.11. The first-order valence-corrected chi connectivity index (χ1v) is 7.10. The normalized spacial score (nSPS) is 10.2. The van der Waals surface area contributed by atoms with Crippen LogP contribution >= 0.6 is 15.9 Å². The van der Waals surface area contributed by atoms with Gasteiger partial charge in [0.05, 0.1) is 11.5 Å². The fraction of sp³-hybridized carbons (Fsp3) is 0.214. The number of ether oxygens (including phenoxy) is 2. The molecular weight excluding hydrogens is 340 g/mol. The largest absolute Gasteiger partial charge is 0.490 e. The zero-order chi connectivity index (χ0) is 15.2. The van der Waals surface area contributed by atoms with Crippen LogP contribution in [0, 0.1) is 10.1 Å². The minimum atomic E-state index is -0.539. The lowest BCUT2D eigenvalue weighted by Crippen LogP contribution is -1.99. The van der Waals surface area contributed by atoms with Gasteiger partial charge in [0.1, 0.15) is 0 Å². The summed E-state index contributed by atoms with van der Waals surface area (Å²) >= 11 is 3.15. The minimum absolute atomic E-state index is 0.0734. The first-order chi connectivity index (χ1) is 10.1. The van der Waals surface area contributed by atoms with E-state index in [1.807, 2.05) is 6.92 Å². The zero-order valence-electron chi connectivity index (χ0n) is 11.3. The van der Waals surface area contributed by atoms with Gasteiger partial charge >= 0.3 is 5.69 Å². The fourth-order valence-electron chi connectivity index (χ4n) is 1.60. The van der Waals surface area contributed by atoms with Crippen molar-refractivity contribution in [3.8, 4) is 17.4 Å². The van der Waals surface area contributed by atoms with Gasteiger partial charge in [-0.3, -0.25) is 10.1 Å². The molecule has 0 amide bonds. The molecule has 1 aromatic heterocycles. The second-order valence-electron chi connectivity index (χ2n) is 4.13. The smallest absolute Gasteiger partial charge is 0.332 e. The highest BCUT2D eigenvalue weighted by Crippen LogP contribution is 2.35. The second kappa shape index (κ2) is 7.03. The zero-order valence-corrected chi connectivity index (χ0v) is 12.9. The number of pyridine rings is 1. The molecule has 110 valence electrons. The summed E-state index contributed by atoms with van der Waals surface area (Å²) in [5, 5.41) is 11.1. The van der Waals surface area contributed by atoms with E-state index in [-0.39, 0.29) is 11.6 Å². The van der Waals surface area contributed by atoms with Gasteiger partial charge in [0.15, 0.2) is 11.5 Å². The maximum absolute atomic E-state index is 11.1. The van der Waals surface area contributed by atoms with E-state index in [9.17, 15) is 10.1 Å². The van der Waals surface area contributed by atoms with Crippen LogP contribution in [-0.4, -0.2) is 16.5 Å². The van der Waals surface area contributed by atoms with Gasteiger partial charge in [-0.05, 0) is 34.5 Å². The molecule has 0 fully saturated rings. The third-order valence-corrected chi connectivity index (χ3v) is 2.95. The molecule has 0 saturated heterocycles. The van der Waals surface area contributed by atoms with E-state index >= 15 is 0 Å². The number of rotatable bonds is 6. The van der Waals surface area contributed by atoms with Crippen LogP contribution in [0.5, 0.6) is 17.4 Å². The molecule has 2 rings (SSSR count). The van der Waals surface area contributed by atoms with E-state index in [1.165, 1.54) is 12.3 Å². The van der Waals surface area contributed by atoms with Crippen molar-refractivity contribution in [2.45, 2.75) is 13.3 Å². The summed E-state index contributed by atoms with van der Waals surface area (Å²) in [6, 6.07) is 8.34. The van der Waals surface area contributed by atoms with Gasteiger partial charge in [-0.1, -0.05) is 19.1 Å². The van der Waals surface area contributed by atoms with E-state index in [2.05, 4.69) is 20.9 Å². The number of aromatic nitrogens is 1. The van der Waals surface area contributed by atoms with Crippen LogP contribution < -0.4 is 9.47 Å². The minimum Gasteiger partial charge on any atom is -0.490 e. The summed E-state index contributed by atoms with van der Waals surface area (Å²) in [5.41, 5.74) is -0.213. The number of halogens is 1. The monoisotopic (exact) mass is 352 g/mol. The highest BCUT2D eigenvalue weighted by Gasteiger charge is 2.19. The number of nitrogens with zero attached hydrogens (tertiary/aromatic N) is 2. The summed E-state index contributed by atoms with van der Waals surface area (Å²) in [6.07, 6.45) is 2.29. The number of benzene rings is 1. The Hall–Kier alpha value is -2.15. The molecule has 1 aromatic carbocycles. The molecule has 0 N–H and O–H groups in total. The summed E-state index contributed by atoms with van der Waals surface area (Å²) in [5.74, 6) is 0.845. The van der Waals surface area contributed by atoms with E-state index in [4.69, 9.17) is 9.47 Å². The average Bonchev–Trinajstić information content (AvgIpc) is 2.48. The fourth-order valence-corrected chi connectivity index (χ4v) is 1.91. The van der Waals surface area contributed by atoms with Crippen molar-refractivity contribution in [2.75, 3.05) is 6.61 Å². The molecule has 21 heavy (non-hydrogen) atoms. The maximum atomic E-state index is 11.1. The van der Waals surface area contributed by atoms with Crippen molar-refractivity contribution in [3.05, 3.63) is 51.1 Å². The van der Waals surface area contributed by atoms with Crippen LogP contribution in [0.25, 0.3) is 0 Å². The van der Waals surface area contributed by atoms with Crippen molar-refractivity contribution in [2.24, 2.45) is 0 Å². The number of nitro groups is 1. The molecule has 6 nitrogen and oxygen atoms in total. The van der Waals surface area contributed by atoms with E-state index in [0.717, 1.165) is 6.42 Å². The van der Waals surface area contributed by atoms with Gasteiger partial charge in [-0.15, -0.1) is 0 Å². The Bertz CT molecular complexity index is 649. The molecule has 0 saturated carbocycles. The van der Waals surface area contributed by atoms with Gasteiger partial charge in [-0.25, -0.2) is 4.98 Å². The van der Waals surface area contributed by atoms with Crippen molar-refractivity contribution >= 4 is 21.6 Å². The maximum Gasteiger partial charge on any atom is 0.332 e. The molecule has 0 bridgehead atoms. The molecule has 0 atom stereocenters. The molecular formula is C14H13BrN2O4. The highest BCUT2D eigenvalue weighted by molar-refractivity contribution is 9.10. The van der Waals surface area contributed by atoms with Gasteiger partial charge in [0.25, 0.3) is 5.88 Å². The van der Waals surface area contributed by atoms with Crippen molar-refractivity contribution in [1.82, 2.24) is 4.98 Å². The third-order valence-electron chi connectivity index (χ3n) is 2.51.